The maximum atomic E-state index is 14.0. The molecule has 8 fully saturated rings. The van der Waals surface area contributed by atoms with Crippen molar-refractivity contribution in [1.29, 1.82) is 0 Å². The number of hydrogen-bond donors (Lipinski definition) is 2. The van der Waals surface area contributed by atoms with Gasteiger partial charge in [0.1, 0.15) is 72.0 Å². The van der Waals surface area contributed by atoms with Crippen LogP contribution in [0.2, 0.25) is 0 Å². The van der Waals surface area contributed by atoms with E-state index in [1.165, 1.54) is 50.0 Å². The zero-order chi connectivity index (χ0) is 104. The number of Topliss-reactive ketones (excluding diaryl/α,β-unsaturated/α-hetero) is 4. The van der Waals surface area contributed by atoms with Gasteiger partial charge in [-0.2, -0.15) is 0 Å². The van der Waals surface area contributed by atoms with Gasteiger partial charge >= 0.3 is 47.8 Å². The molecule has 764 valence electrons. The lowest BCUT2D eigenvalue weighted by molar-refractivity contribution is -0.157. The molecule has 2 amide bonds. The van der Waals surface area contributed by atoms with Gasteiger partial charge in [0.25, 0.3) is 11.8 Å². The molecule has 14 rings (SSSR count). The molecular weight excluding hydrogens is 1830 g/mol. The van der Waals surface area contributed by atoms with Gasteiger partial charge in [0.2, 0.25) is 0 Å². The average molecular weight is 1970 g/mol. The molecule has 4 aliphatic carbocycles. The highest BCUT2D eigenvalue weighted by molar-refractivity contribution is 6.09. The summed E-state index contributed by atoms with van der Waals surface area (Å²) in [6.07, 6.45) is 18.0. The van der Waals surface area contributed by atoms with E-state index in [2.05, 4.69) is 62.6 Å². The minimum atomic E-state index is -1.16. The molecule has 26 nitrogen and oxygen atoms in total. The summed E-state index contributed by atoms with van der Waals surface area (Å²) in [4.78, 5) is 184. The van der Waals surface area contributed by atoms with Crippen LogP contribution in [0.1, 0.15) is 260 Å². The van der Waals surface area contributed by atoms with Crippen LogP contribution in [0.4, 0.5) is 22.7 Å². The van der Waals surface area contributed by atoms with Crippen molar-refractivity contribution in [3.8, 4) is 0 Å². The van der Waals surface area contributed by atoms with E-state index >= 15 is 0 Å². The number of amides is 2. The Morgan fingerprint density at radius 1 is 0.306 bits per heavy atom. The molecule has 4 aliphatic heterocycles. The highest BCUT2D eigenvalue weighted by Crippen LogP contribution is 2.54. The number of nitrogens with one attached hydrogen (secondary N) is 2. The van der Waals surface area contributed by atoms with Crippen LogP contribution in [0.15, 0.2) is 275 Å². The van der Waals surface area contributed by atoms with Crippen LogP contribution in [0.5, 0.6) is 0 Å². The molecule has 26 heteroatoms. The first-order valence-electron chi connectivity index (χ1n) is 49.9. The van der Waals surface area contributed by atoms with E-state index in [-0.39, 0.29) is 136 Å². The van der Waals surface area contributed by atoms with Crippen LogP contribution in [-0.4, -0.2) is 156 Å². The zero-order valence-corrected chi connectivity index (χ0v) is 85.9. The van der Waals surface area contributed by atoms with Crippen molar-refractivity contribution >= 4 is 105 Å². The van der Waals surface area contributed by atoms with Crippen LogP contribution in [0.25, 0.3) is 0 Å². The number of para-hydroxylation sites is 4. The van der Waals surface area contributed by atoms with Gasteiger partial charge in [-0.1, -0.05) is 178 Å². The SMILES string of the molecule is CC(=O)O[C@H]1CC2(CC(=O)O[C@@H]2/C=C(\C)CCC=C(C)C)C(=O)C[C@@H]1N(C(=O)c1ccccc1)c1ccccc1.CC(=O)O[C@H]1CC2(CC(=O)O[C@@H]2/C=C(\C)CCC=C(C)C)C(=O)C[C@@H]1Nc1ccccc1.CC(=O)O[C@H]1CC2(CC(=O)O[C@@H]2/C=C(\C)CCC=C(C)C)C(=O)C[C@H]1N(C(=O)c1ccccc1)c1ccccc1.CC(=O)O[C@H]1CC2(CC(=O)O[C@@H]2/C=C(\C)CCC=C(C)C)C(=O)C[C@H]1Nc1ccccc1. The normalized spacial score (nSPS) is 25.9. The predicted molar refractivity (Wildman–Crippen MR) is 551 cm³/mol. The van der Waals surface area contributed by atoms with Crippen molar-refractivity contribution in [3.05, 3.63) is 286 Å². The fraction of sp³-hybridized carbons (Fsp3) is 0.441. The third-order valence-electron chi connectivity index (χ3n) is 27.7. The lowest BCUT2D eigenvalue weighted by Gasteiger charge is -2.45. The zero-order valence-electron chi connectivity index (χ0n) is 85.9. The Morgan fingerprint density at radius 2 is 0.528 bits per heavy atom. The number of carbonyl (C=O) groups excluding carboxylic acids is 14. The monoisotopic (exact) mass is 1960 g/mol. The highest BCUT2D eigenvalue weighted by atomic mass is 16.6. The van der Waals surface area contributed by atoms with Gasteiger partial charge in [-0.3, -0.25) is 67.1 Å². The van der Waals surface area contributed by atoms with Crippen molar-refractivity contribution in [3.63, 3.8) is 0 Å². The lowest BCUT2D eigenvalue weighted by Crippen LogP contribution is -2.58. The molecule has 0 radical (unpaired) electrons. The largest absolute Gasteiger partial charge is 0.460 e. The first-order chi connectivity index (χ1) is 68.6. The van der Waals surface area contributed by atoms with Gasteiger partial charge in [-0.15, -0.1) is 0 Å². The highest BCUT2D eigenvalue weighted by Gasteiger charge is 2.64. The number of benzene rings is 6. The van der Waals surface area contributed by atoms with E-state index in [4.69, 9.17) is 37.9 Å². The molecule has 4 saturated carbocycles. The first kappa shape index (κ1) is 111. The number of ether oxygens (including phenoxy) is 8. The number of rotatable bonds is 30. The number of ketones is 4. The molecule has 4 saturated heterocycles. The molecule has 4 heterocycles. The number of nitrogens with zero attached hydrogens (tertiary/aromatic N) is 2. The second-order valence-corrected chi connectivity index (χ2v) is 40.3. The number of esters is 8. The van der Waals surface area contributed by atoms with Gasteiger partial charge in [-0.05, 0) is 232 Å². The minimum absolute atomic E-state index is 0.0179. The van der Waals surface area contributed by atoms with Crippen molar-refractivity contribution in [2.24, 2.45) is 21.7 Å². The topological polar surface area (TPSA) is 343 Å². The third-order valence-corrected chi connectivity index (χ3v) is 27.7. The van der Waals surface area contributed by atoms with Crippen molar-refractivity contribution < 1.29 is 105 Å². The molecule has 0 bridgehead atoms. The number of carbonyl (C=O) groups is 14. The summed E-state index contributed by atoms with van der Waals surface area (Å²) in [5.41, 5.74) is 8.60. The van der Waals surface area contributed by atoms with Crippen LogP contribution >= 0.6 is 0 Å². The maximum absolute atomic E-state index is 14.0. The summed E-state index contributed by atoms with van der Waals surface area (Å²) < 4.78 is 45.6. The van der Waals surface area contributed by atoms with Gasteiger partial charge in [0.15, 0.2) is 0 Å². The molecule has 6 aromatic rings. The van der Waals surface area contributed by atoms with Crippen LogP contribution in [0.3, 0.4) is 0 Å². The summed E-state index contributed by atoms with van der Waals surface area (Å²) in [5, 5.41) is 6.67. The average Bonchev–Trinajstić information content (AvgIpc) is 1.54. The summed E-state index contributed by atoms with van der Waals surface area (Å²) in [6.45, 7) is 29.7. The van der Waals surface area contributed by atoms with E-state index in [0.29, 0.717) is 22.5 Å². The van der Waals surface area contributed by atoms with Gasteiger partial charge in [0, 0.05) is 113 Å². The van der Waals surface area contributed by atoms with E-state index in [1.807, 2.05) is 189 Å². The van der Waals surface area contributed by atoms with E-state index in [0.717, 1.165) is 85.0 Å². The lowest BCUT2D eigenvalue weighted by atomic mass is 9.65. The first-order valence-corrected chi connectivity index (χ1v) is 49.9. The molecule has 4 spiro atoms. The number of anilines is 4. The quantitative estimate of drug-likeness (QED) is 0.0240. The van der Waals surface area contributed by atoms with Crippen LogP contribution in [0, 0.1) is 21.7 Å². The number of allylic oxidation sites excluding steroid dienone is 12. The molecule has 0 aromatic heterocycles. The van der Waals surface area contributed by atoms with E-state index < -0.39 is 118 Å². The van der Waals surface area contributed by atoms with Crippen LogP contribution < -0.4 is 20.4 Å². The fourth-order valence-electron chi connectivity index (χ4n) is 20.6. The van der Waals surface area contributed by atoms with Crippen molar-refractivity contribution in [2.75, 3.05) is 20.4 Å². The summed E-state index contributed by atoms with van der Waals surface area (Å²) in [6, 6.07) is 52.6. The van der Waals surface area contributed by atoms with Crippen molar-refractivity contribution in [1.82, 2.24) is 0 Å². The third kappa shape index (κ3) is 29.3. The van der Waals surface area contributed by atoms with E-state index in [1.54, 1.807) is 82.6 Å². The van der Waals surface area contributed by atoms with Crippen molar-refractivity contribution in [2.45, 2.75) is 312 Å². The molecule has 16 atom stereocenters. The smallest absolute Gasteiger partial charge is 0.307 e. The minimum Gasteiger partial charge on any atom is -0.460 e. The summed E-state index contributed by atoms with van der Waals surface area (Å²) >= 11 is 0. The predicted octanol–water partition coefficient (Wildman–Crippen LogP) is 21.5. The molecule has 144 heavy (non-hydrogen) atoms. The summed E-state index contributed by atoms with van der Waals surface area (Å²) in [7, 11) is 0. The Kier molecular flexibility index (Phi) is 39.1. The van der Waals surface area contributed by atoms with Gasteiger partial charge < -0.3 is 58.3 Å². The Morgan fingerprint density at radius 3 is 0.771 bits per heavy atom. The molecule has 2 N–H and O–H groups in total. The van der Waals surface area contributed by atoms with Crippen LogP contribution in [-0.2, 0) is 95.4 Å². The second kappa shape index (κ2) is 50.9. The second-order valence-electron chi connectivity index (χ2n) is 40.3. The Bertz CT molecular complexity index is 5510. The molecule has 4 unspecified atom stereocenters. The van der Waals surface area contributed by atoms with Gasteiger partial charge in [0.05, 0.1) is 71.5 Å². The number of hydrogen-bond acceptors (Lipinski definition) is 24. The maximum Gasteiger partial charge on any atom is 0.307 e. The Balaban J connectivity index is 0.000000184. The number of cyclic esters (lactones) is 4. The summed E-state index contributed by atoms with van der Waals surface area (Å²) in [5.74, 6) is -4.53. The molecular formula is C118H140N4O22. The Hall–Kier alpha value is -13.8. The Labute approximate surface area is 846 Å². The standard InChI is InChI=1S/2C33H37NO6.2C26H33NO5/c2*1-22(2)12-11-13-23(3)18-30-33(21-31(37)40-30)20-28(39-24(4)35)27(19-29(33)36)34(26-16-9-6-10-17-26)32(38)25-14-7-5-8-15-25;2*1-17(2)9-8-10-18(3)13-24-26(16-25(30)32-24)15-22(31-19(4)28)21(14-23(26)29)27-20-11-6-5-7-12-20/h2*5-10,12,14-18,27-28,30H,11,13,19-21H2,1-4H3;2*5-7,9,11-13,21-22,24,27H,8,10,14-16H2,1-4H3/b2*23-18+;2*18-13+/t27-,28+,30-,33?;27-,28-,30+,33?;21-,22+,24-,26?;21-,22-,24+,26?/m1010/s1. The molecule has 8 aliphatic rings. The molecule has 6 aromatic carbocycles. The van der Waals surface area contributed by atoms with Gasteiger partial charge in [-0.25, -0.2) is 0 Å². The van der Waals surface area contributed by atoms with E-state index in [9.17, 15) is 67.1 Å². The fourth-order valence-corrected chi connectivity index (χ4v) is 20.6.